The lowest BCUT2D eigenvalue weighted by Crippen LogP contribution is -2.39. The van der Waals surface area contributed by atoms with Crippen LogP contribution in [0.4, 0.5) is 19.0 Å². The number of hydrogen-bond donors (Lipinski definition) is 3. The number of anilines is 1. The Morgan fingerprint density at radius 1 is 1.06 bits per heavy atom. The highest BCUT2D eigenvalue weighted by Crippen LogP contribution is 2.25. The van der Waals surface area contributed by atoms with E-state index >= 15 is 0 Å². The molecule has 0 unspecified atom stereocenters. The summed E-state index contributed by atoms with van der Waals surface area (Å²) in [6, 6.07) is 3.20. The molecule has 0 atom stereocenters. The summed E-state index contributed by atoms with van der Waals surface area (Å²) in [5.74, 6) is -0.450. The highest BCUT2D eigenvalue weighted by atomic mass is 19.3. The van der Waals surface area contributed by atoms with Crippen molar-refractivity contribution in [1.82, 2.24) is 30.6 Å². The minimum Gasteiger partial charge on any atom is -0.465 e. The van der Waals surface area contributed by atoms with Gasteiger partial charge in [0.25, 0.3) is 11.8 Å². The first-order valence-corrected chi connectivity index (χ1v) is 11.6. The first kappa shape index (κ1) is 24.1. The third kappa shape index (κ3) is 5.62. The van der Waals surface area contributed by atoms with Gasteiger partial charge in [0.1, 0.15) is 11.3 Å². The zero-order chi connectivity index (χ0) is 25.1. The number of carbonyl (C=O) groups excluding carboxylic acids is 1. The Labute approximate surface area is 204 Å². The van der Waals surface area contributed by atoms with Crippen LogP contribution >= 0.6 is 0 Å². The lowest BCUT2D eigenvalue weighted by atomic mass is 9.91. The fourth-order valence-electron chi connectivity index (χ4n) is 4.39. The van der Waals surface area contributed by atoms with Crippen LogP contribution in [0.25, 0.3) is 11.0 Å². The Morgan fingerprint density at radius 3 is 2.56 bits per heavy atom. The SMILES string of the molecule is O=C1COc2ncc(CNC3CCC(NCc4c(F)ccc5ncc(OC(F)F)nc45)CC3)nc2N1. The fourth-order valence-corrected chi connectivity index (χ4v) is 4.39. The van der Waals surface area contributed by atoms with Crippen molar-refractivity contribution in [2.24, 2.45) is 0 Å². The van der Waals surface area contributed by atoms with Gasteiger partial charge in [0.05, 0.1) is 23.6 Å². The second-order valence-electron chi connectivity index (χ2n) is 8.64. The van der Waals surface area contributed by atoms with E-state index in [9.17, 15) is 18.0 Å². The average molecular weight is 503 g/mol. The van der Waals surface area contributed by atoms with E-state index in [4.69, 9.17) is 4.74 Å². The molecular weight excluding hydrogens is 479 g/mol. The van der Waals surface area contributed by atoms with Crippen molar-refractivity contribution < 1.29 is 27.4 Å². The highest BCUT2D eigenvalue weighted by molar-refractivity contribution is 5.93. The molecule has 1 aliphatic heterocycles. The van der Waals surface area contributed by atoms with Crippen molar-refractivity contribution >= 4 is 22.8 Å². The summed E-state index contributed by atoms with van der Waals surface area (Å²) >= 11 is 0. The van der Waals surface area contributed by atoms with Crippen LogP contribution in [-0.4, -0.2) is 51.1 Å². The van der Waals surface area contributed by atoms with Crippen LogP contribution in [0.15, 0.2) is 24.5 Å². The van der Waals surface area contributed by atoms with Gasteiger partial charge in [-0.15, -0.1) is 0 Å². The number of benzene rings is 1. The minimum absolute atomic E-state index is 0.0642. The number of hydrogen-bond acceptors (Lipinski definition) is 9. The first-order valence-electron chi connectivity index (χ1n) is 11.6. The van der Waals surface area contributed by atoms with Crippen molar-refractivity contribution in [3.63, 3.8) is 0 Å². The van der Waals surface area contributed by atoms with E-state index in [1.165, 1.54) is 12.1 Å². The van der Waals surface area contributed by atoms with E-state index in [1.807, 2.05) is 0 Å². The van der Waals surface area contributed by atoms with E-state index in [0.29, 0.717) is 29.5 Å². The predicted octanol–water partition coefficient (Wildman–Crippen LogP) is 2.68. The van der Waals surface area contributed by atoms with E-state index in [2.05, 4.69) is 40.6 Å². The highest BCUT2D eigenvalue weighted by Gasteiger charge is 2.23. The number of nitrogens with zero attached hydrogens (tertiary/aromatic N) is 4. The molecule has 10 nitrogen and oxygen atoms in total. The molecule has 0 radical (unpaired) electrons. The Morgan fingerprint density at radius 2 is 1.81 bits per heavy atom. The van der Waals surface area contributed by atoms with Crippen LogP contribution in [-0.2, 0) is 17.9 Å². The van der Waals surface area contributed by atoms with Gasteiger partial charge in [0, 0.05) is 30.7 Å². The molecular formula is C23H24F3N7O3. The maximum atomic E-state index is 14.6. The van der Waals surface area contributed by atoms with Gasteiger partial charge >= 0.3 is 6.61 Å². The standard InChI is InChI=1S/C23H24F3N7O3/c24-16-5-6-17-20(33-19(10-29-17)36-23(25)26)15(16)9-28-13-3-1-12(2-4-13)27-7-14-8-30-22-21(31-14)32-18(34)11-35-22/h5-6,8,10,12-13,23,27-28H,1-4,7,9,11H2,(H,31,32,34). The zero-order valence-corrected chi connectivity index (χ0v) is 19.1. The van der Waals surface area contributed by atoms with Crippen LogP contribution in [0.5, 0.6) is 11.8 Å². The molecule has 1 aliphatic carbocycles. The number of fused-ring (bicyclic) bond motifs is 2. The van der Waals surface area contributed by atoms with Crippen molar-refractivity contribution in [2.45, 2.75) is 57.5 Å². The summed E-state index contributed by atoms with van der Waals surface area (Å²) in [7, 11) is 0. The summed E-state index contributed by atoms with van der Waals surface area (Å²) < 4.78 is 49.2. The molecule has 5 rings (SSSR count). The lowest BCUT2D eigenvalue weighted by molar-refractivity contribution is -0.118. The van der Waals surface area contributed by atoms with E-state index in [-0.39, 0.29) is 48.1 Å². The Balaban J connectivity index is 1.14. The van der Waals surface area contributed by atoms with Gasteiger partial charge in [-0.2, -0.15) is 8.78 Å². The number of halogens is 3. The molecule has 1 aromatic carbocycles. The average Bonchev–Trinajstić information content (AvgIpc) is 2.87. The summed E-state index contributed by atoms with van der Waals surface area (Å²) in [5, 5.41) is 9.48. The van der Waals surface area contributed by atoms with Gasteiger partial charge in [0.15, 0.2) is 12.4 Å². The monoisotopic (exact) mass is 503 g/mol. The number of ether oxygens (including phenoxy) is 2. The van der Waals surface area contributed by atoms with Gasteiger partial charge in [-0.3, -0.25) is 4.79 Å². The normalized spacial score (nSPS) is 19.6. The zero-order valence-electron chi connectivity index (χ0n) is 19.1. The molecule has 2 aromatic heterocycles. The Bertz CT molecular complexity index is 1260. The molecule has 0 bridgehead atoms. The van der Waals surface area contributed by atoms with E-state index < -0.39 is 12.4 Å². The maximum Gasteiger partial charge on any atom is 0.388 e. The topological polar surface area (TPSA) is 123 Å². The molecule has 0 saturated heterocycles. The summed E-state index contributed by atoms with van der Waals surface area (Å²) in [6.07, 6.45) is 6.26. The smallest absolute Gasteiger partial charge is 0.388 e. The second-order valence-corrected chi connectivity index (χ2v) is 8.64. The van der Waals surface area contributed by atoms with Crippen LogP contribution < -0.4 is 25.4 Å². The lowest BCUT2D eigenvalue weighted by Gasteiger charge is -2.30. The summed E-state index contributed by atoms with van der Waals surface area (Å²) in [6.45, 7) is -2.41. The molecule has 2 aliphatic rings. The van der Waals surface area contributed by atoms with E-state index in [1.54, 1.807) is 6.20 Å². The van der Waals surface area contributed by atoms with Crippen molar-refractivity contribution in [2.75, 3.05) is 11.9 Å². The van der Waals surface area contributed by atoms with Gasteiger partial charge in [0.2, 0.25) is 5.88 Å². The van der Waals surface area contributed by atoms with Crippen molar-refractivity contribution in [3.8, 4) is 11.8 Å². The number of nitrogens with one attached hydrogen (secondary N) is 3. The second kappa shape index (κ2) is 10.6. The third-order valence-corrected chi connectivity index (χ3v) is 6.20. The number of rotatable bonds is 8. The molecule has 36 heavy (non-hydrogen) atoms. The van der Waals surface area contributed by atoms with Gasteiger partial charge in [-0.05, 0) is 37.8 Å². The number of aromatic nitrogens is 4. The summed E-state index contributed by atoms with van der Waals surface area (Å²) in [4.78, 5) is 28.1. The molecule has 190 valence electrons. The number of alkyl halides is 2. The van der Waals surface area contributed by atoms with Gasteiger partial charge < -0.3 is 25.4 Å². The van der Waals surface area contributed by atoms with Crippen LogP contribution in [0, 0.1) is 5.82 Å². The van der Waals surface area contributed by atoms with Crippen LogP contribution in [0.1, 0.15) is 36.9 Å². The van der Waals surface area contributed by atoms with Gasteiger partial charge in [-0.25, -0.2) is 24.3 Å². The maximum absolute atomic E-state index is 14.6. The summed E-state index contributed by atoms with van der Waals surface area (Å²) in [5.41, 5.74) is 1.56. The molecule has 0 spiro atoms. The molecule has 3 N–H and O–H groups in total. The van der Waals surface area contributed by atoms with Crippen molar-refractivity contribution in [1.29, 1.82) is 0 Å². The van der Waals surface area contributed by atoms with Crippen LogP contribution in [0.2, 0.25) is 0 Å². The quantitative estimate of drug-likeness (QED) is 0.426. The third-order valence-electron chi connectivity index (χ3n) is 6.20. The number of carbonyl (C=O) groups is 1. The van der Waals surface area contributed by atoms with Crippen LogP contribution in [0.3, 0.4) is 0 Å². The number of amides is 1. The van der Waals surface area contributed by atoms with E-state index in [0.717, 1.165) is 31.9 Å². The molecule has 1 fully saturated rings. The van der Waals surface area contributed by atoms with Gasteiger partial charge in [-0.1, -0.05) is 0 Å². The van der Waals surface area contributed by atoms with Crippen molar-refractivity contribution in [3.05, 3.63) is 41.6 Å². The first-order chi connectivity index (χ1) is 17.4. The molecule has 3 heterocycles. The largest absolute Gasteiger partial charge is 0.465 e. The Kier molecular flexibility index (Phi) is 7.09. The molecule has 1 amide bonds. The minimum atomic E-state index is -3.04. The molecule has 13 heteroatoms. The molecule has 3 aromatic rings. The predicted molar refractivity (Wildman–Crippen MR) is 122 cm³/mol. The Hall–Kier alpha value is -3.58. The molecule has 1 saturated carbocycles. The fraction of sp³-hybridized carbons (Fsp3) is 0.435.